The average molecular weight is 1010 g/mol. The number of hydrogen-bond donors (Lipinski definition) is 3. The molecule has 2 atom stereocenters. The Morgan fingerprint density at radius 1 is 0.389 bits per heavy atom. The van der Waals surface area contributed by atoms with E-state index in [9.17, 15) is 19.8 Å². The van der Waals surface area contributed by atoms with Gasteiger partial charge >= 0.3 is 5.97 Å². The molecule has 0 radical (unpaired) electrons. The first-order valence-electron chi connectivity index (χ1n) is 32.6. The van der Waals surface area contributed by atoms with Crippen LogP contribution in [-0.2, 0) is 14.3 Å². The Labute approximate surface area is 450 Å². The largest absolute Gasteiger partial charge is 0.466 e. The maximum atomic E-state index is 12.5. The first-order chi connectivity index (χ1) is 35.5. The van der Waals surface area contributed by atoms with E-state index in [1.807, 2.05) is 0 Å². The smallest absolute Gasteiger partial charge is 0.305 e. The molecule has 6 nitrogen and oxygen atoms in total. The average Bonchev–Trinajstić information content (AvgIpc) is 3.38. The zero-order valence-electron chi connectivity index (χ0n) is 48.7. The van der Waals surface area contributed by atoms with E-state index >= 15 is 0 Å². The summed E-state index contributed by atoms with van der Waals surface area (Å²) in [5.74, 6) is -0.0264. The molecule has 0 heterocycles. The Bertz CT molecular complexity index is 1120. The van der Waals surface area contributed by atoms with E-state index in [4.69, 9.17) is 4.74 Å². The van der Waals surface area contributed by atoms with Crippen LogP contribution in [-0.4, -0.2) is 47.4 Å². The lowest BCUT2D eigenvalue weighted by Gasteiger charge is -2.22. The van der Waals surface area contributed by atoms with Gasteiger partial charge in [0.1, 0.15) is 0 Å². The first-order valence-corrected chi connectivity index (χ1v) is 32.6. The molecule has 0 aliphatic rings. The fourth-order valence-corrected chi connectivity index (χ4v) is 10.3. The number of aliphatic hydroxyl groups is 2. The number of aliphatic hydroxyl groups excluding tert-OH is 2. The van der Waals surface area contributed by atoms with Gasteiger partial charge < -0.3 is 20.3 Å². The van der Waals surface area contributed by atoms with Crippen LogP contribution in [0, 0.1) is 0 Å². The lowest BCUT2D eigenvalue weighted by molar-refractivity contribution is -0.143. The van der Waals surface area contributed by atoms with Gasteiger partial charge in [-0.2, -0.15) is 0 Å². The number of nitrogens with one attached hydrogen (secondary N) is 1. The van der Waals surface area contributed by atoms with Crippen molar-refractivity contribution in [1.82, 2.24) is 5.32 Å². The minimum absolute atomic E-state index is 0.00656. The number of esters is 1. The molecule has 3 N–H and O–H groups in total. The van der Waals surface area contributed by atoms with Crippen molar-refractivity contribution in [3.63, 3.8) is 0 Å². The molecule has 0 saturated carbocycles. The third kappa shape index (κ3) is 57.6. The number of carbonyl (C=O) groups is 2. The molecular formula is C66H127NO5. The van der Waals surface area contributed by atoms with Crippen LogP contribution in [0.25, 0.3) is 0 Å². The van der Waals surface area contributed by atoms with Crippen LogP contribution in [0.1, 0.15) is 361 Å². The second kappa shape index (κ2) is 61.9. The molecule has 0 bridgehead atoms. The monoisotopic (exact) mass is 1010 g/mol. The highest BCUT2D eigenvalue weighted by Gasteiger charge is 2.20. The summed E-state index contributed by atoms with van der Waals surface area (Å²) in [6.45, 7) is 4.96. The molecule has 0 aliphatic heterocycles. The number of unbranched alkanes of at least 4 members (excludes halogenated alkanes) is 46. The standard InChI is InChI=1S/C66H127NO5/c1-3-5-7-9-11-13-15-17-19-20-28-32-36-40-44-48-52-56-60-66(71)72-61-57-53-49-45-41-37-33-29-26-24-22-21-23-25-27-31-35-39-43-47-51-55-59-65(70)67-63(62-68)64(69)58-54-50-46-42-38-34-30-18-16-14-12-10-8-6-4-2/h13,15,19-20,63-64,68-69H,3-12,14,16-18,21-62H2,1-2H3,(H,67,70)/b15-13-,20-19-. The summed E-state index contributed by atoms with van der Waals surface area (Å²) in [6, 6.07) is -0.541. The predicted octanol–water partition coefficient (Wildman–Crippen LogP) is 20.6. The predicted molar refractivity (Wildman–Crippen MR) is 315 cm³/mol. The van der Waals surface area contributed by atoms with Crippen molar-refractivity contribution in [2.75, 3.05) is 13.2 Å². The van der Waals surface area contributed by atoms with Crippen LogP contribution in [0.4, 0.5) is 0 Å². The zero-order chi connectivity index (χ0) is 52.2. The van der Waals surface area contributed by atoms with Crippen LogP contribution >= 0.6 is 0 Å². The molecule has 1 amide bonds. The molecule has 0 rings (SSSR count). The molecule has 0 aromatic carbocycles. The number of rotatable bonds is 61. The van der Waals surface area contributed by atoms with E-state index in [-0.39, 0.29) is 18.5 Å². The number of hydrogen-bond acceptors (Lipinski definition) is 5. The van der Waals surface area contributed by atoms with Gasteiger partial charge in [-0.05, 0) is 57.8 Å². The molecular weight excluding hydrogens is 887 g/mol. The Morgan fingerprint density at radius 2 is 0.694 bits per heavy atom. The Kier molecular flexibility index (Phi) is 60.5. The van der Waals surface area contributed by atoms with Crippen molar-refractivity contribution in [2.45, 2.75) is 373 Å². The highest BCUT2D eigenvalue weighted by molar-refractivity contribution is 5.76. The highest BCUT2D eigenvalue weighted by atomic mass is 16.5. The Hall–Kier alpha value is -1.66. The van der Waals surface area contributed by atoms with Crippen LogP contribution in [0.2, 0.25) is 0 Å². The van der Waals surface area contributed by atoms with Crippen LogP contribution in [0.5, 0.6) is 0 Å². The fourth-order valence-electron chi connectivity index (χ4n) is 10.3. The normalized spacial score (nSPS) is 12.7. The lowest BCUT2D eigenvalue weighted by Crippen LogP contribution is -2.45. The maximum Gasteiger partial charge on any atom is 0.305 e. The lowest BCUT2D eigenvalue weighted by atomic mass is 10.0. The van der Waals surface area contributed by atoms with Crippen molar-refractivity contribution in [3.05, 3.63) is 24.3 Å². The summed E-state index contributed by atoms with van der Waals surface area (Å²) < 4.78 is 5.50. The Balaban J connectivity index is 3.37. The van der Waals surface area contributed by atoms with E-state index in [0.29, 0.717) is 25.9 Å². The van der Waals surface area contributed by atoms with Gasteiger partial charge in [-0.15, -0.1) is 0 Å². The number of allylic oxidation sites excluding steroid dienone is 4. The summed E-state index contributed by atoms with van der Waals surface area (Å²) in [4.78, 5) is 24.6. The third-order valence-corrected chi connectivity index (χ3v) is 15.3. The van der Waals surface area contributed by atoms with Gasteiger partial charge in [0.15, 0.2) is 0 Å². The van der Waals surface area contributed by atoms with Crippen LogP contribution < -0.4 is 5.32 Å². The molecule has 6 heteroatoms. The summed E-state index contributed by atoms with van der Waals surface area (Å²) >= 11 is 0. The molecule has 2 unspecified atom stereocenters. The summed E-state index contributed by atoms with van der Waals surface area (Å²) in [7, 11) is 0. The van der Waals surface area contributed by atoms with Crippen molar-refractivity contribution in [3.8, 4) is 0 Å². The van der Waals surface area contributed by atoms with Crippen molar-refractivity contribution in [1.29, 1.82) is 0 Å². The van der Waals surface area contributed by atoms with Crippen molar-refractivity contribution < 1.29 is 24.5 Å². The molecule has 0 spiro atoms. The number of amides is 1. The van der Waals surface area contributed by atoms with Gasteiger partial charge in [0.25, 0.3) is 0 Å². The quantitative estimate of drug-likeness (QED) is 0.0320. The van der Waals surface area contributed by atoms with E-state index in [2.05, 4.69) is 43.5 Å². The van der Waals surface area contributed by atoms with E-state index < -0.39 is 12.1 Å². The molecule has 72 heavy (non-hydrogen) atoms. The van der Waals surface area contributed by atoms with Crippen LogP contribution in [0.15, 0.2) is 24.3 Å². The fraction of sp³-hybridized carbons (Fsp3) is 0.909. The van der Waals surface area contributed by atoms with Gasteiger partial charge in [-0.25, -0.2) is 0 Å². The summed E-state index contributed by atoms with van der Waals surface area (Å²) in [5.41, 5.74) is 0. The van der Waals surface area contributed by atoms with Crippen LogP contribution in [0.3, 0.4) is 0 Å². The highest BCUT2D eigenvalue weighted by Crippen LogP contribution is 2.18. The van der Waals surface area contributed by atoms with Gasteiger partial charge in [-0.1, -0.05) is 314 Å². The molecule has 0 fully saturated rings. The molecule has 426 valence electrons. The third-order valence-electron chi connectivity index (χ3n) is 15.3. The second-order valence-electron chi connectivity index (χ2n) is 22.5. The SMILES string of the molecule is CCCCCC/C=C\C/C=C\CCCCCCCCCC(=O)OCCCCCCCCCCCCCCCCCCCCCCCCC(=O)NC(CO)C(O)CCCCCCCCCCCCCCCCC. The van der Waals surface area contributed by atoms with E-state index in [0.717, 1.165) is 51.4 Å². The summed E-state index contributed by atoms with van der Waals surface area (Å²) in [6.07, 6.45) is 76.2. The molecule has 0 aliphatic carbocycles. The minimum atomic E-state index is -0.664. The van der Waals surface area contributed by atoms with Gasteiger partial charge in [0.2, 0.25) is 5.91 Å². The van der Waals surface area contributed by atoms with Gasteiger partial charge in [0, 0.05) is 12.8 Å². The maximum absolute atomic E-state index is 12.5. The number of ether oxygens (including phenoxy) is 1. The second-order valence-corrected chi connectivity index (χ2v) is 22.5. The first kappa shape index (κ1) is 70.3. The number of carbonyl (C=O) groups excluding carboxylic acids is 2. The van der Waals surface area contributed by atoms with E-state index in [1.54, 1.807) is 0 Å². The molecule has 0 aromatic heterocycles. The zero-order valence-corrected chi connectivity index (χ0v) is 48.7. The topological polar surface area (TPSA) is 95.9 Å². The molecule has 0 saturated heterocycles. The molecule has 0 aromatic rings. The van der Waals surface area contributed by atoms with Crippen molar-refractivity contribution in [2.24, 2.45) is 0 Å². The summed E-state index contributed by atoms with van der Waals surface area (Å²) in [5, 5.41) is 23.3. The Morgan fingerprint density at radius 3 is 1.07 bits per heavy atom. The van der Waals surface area contributed by atoms with Gasteiger partial charge in [-0.3, -0.25) is 9.59 Å². The minimum Gasteiger partial charge on any atom is -0.466 e. The van der Waals surface area contributed by atoms with Crippen molar-refractivity contribution >= 4 is 11.9 Å². The van der Waals surface area contributed by atoms with Gasteiger partial charge in [0.05, 0.1) is 25.4 Å². The van der Waals surface area contributed by atoms with E-state index in [1.165, 1.54) is 276 Å².